The van der Waals surface area contributed by atoms with E-state index >= 15 is 0 Å². The lowest BCUT2D eigenvalue weighted by molar-refractivity contribution is 0.102. The van der Waals surface area contributed by atoms with E-state index in [1.807, 2.05) is 13.8 Å². The normalized spacial score (nSPS) is 11.0. The summed E-state index contributed by atoms with van der Waals surface area (Å²) in [6, 6.07) is 12.7. The number of hydrogen-bond acceptors (Lipinski definition) is 3. The van der Waals surface area contributed by atoms with Gasteiger partial charge in [0.15, 0.2) is 5.69 Å². The molecule has 0 fully saturated rings. The number of carbonyl (C=O) groups is 1. The van der Waals surface area contributed by atoms with Gasteiger partial charge in [0.2, 0.25) is 0 Å². The van der Waals surface area contributed by atoms with Crippen molar-refractivity contribution in [1.29, 1.82) is 0 Å². The van der Waals surface area contributed by atoms with Crippen LogP contribution in [0.5, 0.6) is 0 Å². The lowest BCUT2D eigenvalue weighted by Gasteiger charge is -2.13. The van der Waals surface area contributed by atoms with Gasteiger partial charge in [0.25, 0.3) is 11.5 Å². The standard InChI is InChI=1S/C19H18FN3O2/c1-12(2)11-23-19(25)14-8-4-3-7-13(14)17(22-23)18(24)21-16-10-6-5-9-15(16)20/h3-10,12H,11H2,1-2H3,(H,21,24). The minimum atomic E-state index is -0.557. The molecule has 0 aliphatic rings. The second-order valence-electron chi connectivity index (χ2n) is 6.21. The Balaban J connectivity index is 2.11. The molecule has 0 saturated carbocycles. The topological polar surface area (TPSA) is 64.0 Å². The molecule has 128 valence electrons. The molecule has 0 radical (unpaired) electrons. The number of benzene rings is 2. The van der Waals surface area contributed by atoms with Gasteiger partial charge in [-0.15, -0.1) is 0 Å². The number of anilines is 1. The van der Waals surface area contributed by atoms with Gasteiger partial charge >= 0.3 is 0 Å². The SMILES string of the molecule is CC(C)Cn1nc(C(=O)Nc2ccccc2F)c2ccccc2c1=O. The fourth-order valence-corrected chi connectivity index (χ4v) is 2.62. The Hall–Kier alpha value is -3.02. The number of rotatable bonds is 4. The quantitative estimate of drug-likeness (QED) is 0.792. The first-order chi connectivity index (χ1) is 12.0. The molecule has 0 aliphatic heterocycles. The van der Waals surface area contributed by atoms with Crippen molar-refractivity contribution in [2.24, 2.45) is 5.92 Å². The number of hydrogen-bond donors (Lipinski definition) is 1. The molecule has 0 atom stereocenters. The average molecular weight is 339 g/mol. The Morgan fingerprint density at radius 1 is 1.12 bits per heavy atom. The number of nitrogens with one attached hydrogen (secondary N) is 1. The first-order valence-corrected chi connectivity index (χ1v) is 8.03. The molecule has 1 N–H and O–H groups in total. The van der Waals surface area contributed by atoms with Crippen LogP contribution in [-0.2, 0) is 6.54 Å². The van der Waals surface area contributed by atoms with Crippen LogP contribution in [0.3, 0.4) is 0 Å². The largest absolute Gasteiger partial charge is 0.318 e. The van der Waals surface area contributed by atoms with E-state index in [4.69, 9.17) is 0 Å². The van der Waals surface area contributed by atoms with E-state index < -0.39 is 11.7 Å². The monoisotopic (exact) mass is 339 g/mol. The zero-order chi connectivity index (χ0) is 18.0. The summed E-state index contributed by atoms with van der Waals surface area (Å²) in [7, 11) is 0. The third-order valence-corrected chi connectivity index (χ3v) is 3.74. The number of nitrogens with zero attached hydrogens (tertiary/aromatic N) is 2. The minimum Gasteiger partial charge on any atom is -0.318 e. The van der Waals surface area contributed by atoms with Crippen molar-refractivity contribution in [1.82, 2.24) is 9.78 Å². The van der Waals surface area contributed by atoms with E-state index in [9.17, 15) is 14.0 Å². The number of para-hydroxylation sites is 1. The van der Waals surface area contributed by atoms with Crippen LogP contribution in [0.4, 0.5) is 10.1 Å². The number of halogens is 1. The Morgan fingerprint density at radius 2 is 1.76 bits per heavy atom. The molecule has 0 aliphatic carbocycles. The first kappa shape index (κ1) is 16.8. The van der Waals surface area contributed by atoms with Gasteiger partial charge in [-0.05, 0) is 24.1 Å². The second-order valence-corrected chi connectivity index (χ2v) is 6.21. The molecule has 1 amide bonds. The molecule has 0 saturated heterocycles. The van der Waals surface area contributed by atoms with Crippen LogP contribution in [0.15, 0.2) is 53.3 Å². The second kappa shape index (κ2) is 6.84. The Morgan fingerprint density at radius 3 is 2.44 bits per heavy atom. The maximum atomic E-state index is 13.8. The van der Waals surface area contributed by atoms with Crippen LogP contribution in [0.2, 0.25) is 0 Å². The van der Waals surface area contributed by atoms with Crippen LogP contribution >= 0.6 is 0 Å². The molecule has 0 spiro atoms. The van der Waals surface area contributed by atoms with Gasteiger partial charge in [0.1, 0.15) is 5.82 Å². The van der Waals surface area contributed by atoms with Crippen LogP contribution in [-0.4, -0.2) is 15.7 Å². The summed E-state index contributed by atoms with van der Waals surface area (Å²) in [5.74, 6) is -0.900. The first-order valence-electron chi connectivity index (χ1n) is 8.03. The number of fused-ring (bicyclic) bond motifs is 1. The molecule has 1 heterocycles. The number of amides is 1. The van der Waals surface area contributed by atoms with Crippen molar-refractivity contribution >= 4 is 22.4 Å². The van der Waals surface area contributed by atoms with E-state index in [2.05, 4.69) is 10.4 Å². The molecular formula is C19H18FN3O2. The van der Waals surface area contributed by atoms with E-state index in [-0.39, 0.29) is 22.9 Å². The molecule has 0 unspecified atom stereocenters. The van der Waals surface area contributed by atoms with Crippen molar-refractivity contribution in [2.75, 3.05) is 5.32 Å². The van der Waals surface area contributed by atoms with Crippen LogP contribution < -0.4 is 10.9 Å². The lowest BCUT2D eigenvalue weighted by Crippen LogP contribution is -2.29. The van der Waals surface area contributed by atoms with Gasteiger partial charge in [-0.2, -0.15) is 5.10 Å². The smallest absolute Gasteiger partial charge is 0.276 e. The van der Waals surface area contributed by atoms with Gasteiger partial charge in [-0.3, -0.25) is 9.59 Å². The molecular weight excluding hydrogens is 321 g/mol. The van der Waals surface area contributed by atoms with Gasteiger partial charge < -0.3 is 5.32 Å². The van der Waals surface area contributed by atoms with Gasteiger partial charge in [-0.1, -0.05) is 44.2 Å². The molecule has 1 aromatic heterocycles. The summed E-state index contributed by atoms with van der Waals surface area (Å²) in [5, 5.41) is 7.62. The van der Waals surface area contributed by atoms with E-state index in [0.29, 0.717) is 17.3 Å². The van der Waals surface area contributed by atoms with Crippen molar-refractivity contribution < 1.29 is 9.18 Å². The van der Waals surface area contributed by atoms with Crippen LogP contribution in [0.1, 0.15) is 24.3 Å². The maximum Gasteiger partial charge on any atom is 0.276 e. The van der Waals surface area contributed by atoms with Crippen LogP contribution in [0.25, 0.3) is 10.8 Å². The Labute approximate surface area is 144 Å². The highest BCUT2D eigenvalue weighted by molar-refractivity contribution is 6.11. The highest BCUT2D eigenvalue weighted by Gasteiger charge is 2.18. The summed E-state index contributed by atoms with van der Waals surface area (Å²) in [5.41, 5.74) is -0.0779. The zero-order valence-corrected chi connectivity index (χ0v) is 14.0. The van der Waals surface area contributed by atoms with Crippen molar-refractivity contribution in [2.45, 2.75) is 20.4 Å². The molecule has 25 heavy (non-hydrogen) atoms. The Kier molecular flexibility index (Phi) is 4.61. The van der Waals surface area contributed by atoms with E-state index in [0.717, 1.165) is 0 Å². The lowest BCUT2D eigenvalue weighted by atomic mass is 10.1. The van der Waals surface area contributed by atoms with Gasteiger partial charge in [0.05, 0.1) is 11.1 Å². The van der Waals surface area contributed by atoms with Gasteiger partial charge in [0, 0.05) is 11.9 Å². The summed E-state index contributed by atoms with van der Waals surface area (Å²) in [6.45, 7) is 4.31. The van der Waals surface area contributed by atoms with Crippen molar-refractivity contribution in [3.8, 4) is 0 Å². The third-order valence-electron chi connectivity index (χ3n) is 3.74. The van der Waals surface area contributed by atoms with E-state index in [1.54, 1.807) is 36.4 Å². The predicted octanol–water partition coefficient (Wildman–Crippen LogP) is 3.44. The van der Waals surface area contributed by atoms with Gasteiger partial charge in [-0.25, -0.2) is 9.07 Å². The molecule has 6 heteroatoms. The predicted molar refractivity (Wildman–Crippen MR) is 95.2 cm³/mol. The summed E-state index contributed by atoms with van der Waals surface area (Å²) >= 11 is 0. The molecule has 3 aromatic rings. The summed E-state index contributed by atoms with van der Waals surface area (Å²) < 4.78 is 15.1. The number of aromatic nitrogens is 2. The average Bonchev–Trinajstić information content (AvgIpc) is 2.59. The van der Waals surface area contributed by atoms with E-state index in [1.165, 1.54) is 16.8 Å². The minimum absolute atomic E-state index is 0.0694. The molecule has 2 aromatic carbocycles. The molecule has 3 rings (SSSR count). The molecule has 0 bridgehead atoms. The molecule has 5 nitrogen and oxygen atoms in total. The van der Waals surface area contributed by atoms with Crippen molar-refractivity contribution in [3.05, 3.63) is 70.4 Å². The fourth-order valence-electron chi connectivity index (χ4n) is 2.62. The van der Waals surface area contributed by atoms with Crippen LogP contribution in [0, 0.1) is 11.7 Å². The summed E-state index contributed by atoms with van der Waals surface area (Å²) in [6.07, 6.45) is 0. The zero-order valence-electron chi connectivity index (χ0n) is 14.0. The Bertz CT molecular complexity index is 995. The fraction of sp³-hybridized carbons (Fsp3) is 0.211. The number of carbonyl (C=O) groups excluding carboxylic acids is 1. The summed E-state index contributed by atoms with van der Waals surface area (Å²) in [4.78, 5) is 25.2. The highest BCUT2D eigenvalue weighted by atomic mass is 19.1. The third kappa shape index (κ3) is 3.42. The highest BCUT2D eigenvalue weighted by Crippen LogP contribution is 2.17. The maximum absolute atomic E-state index is 13.8. The van der Waals surface area contributed by atoms with Crippen molar-refractivity contribution in [3.63, 3.8) is 0 Å².